The predicted octanol–water partition coefficient (Wildman–Crippen LogP) is 11.7. The number of carbonyl (C=O) groups excluding carboxylic acids is 3. The standard InChI is InChI=1S/C53H87NO8/c1-6-8-10-12-14-16-18-19-20-21-22-23-24-25-26-27-28-29-30-31-32-33-34-36-38-40-42-44-51(56)62-49(48-61-53(52(57)58)59-46-45-54(3,4)5)47-60-50(55)43-41-39-37-35-17-15-13-11-9-7-2/h8,10,14,16,19-20,22-23,25-26,28-29,31-32,34,36,49,53H,6-7,9,11-13,15,17-18,21,24,27,30,33,35,37-48H2,1-5H3/b10-8-,16-14-,20-19-,23-22-,26-25-,29-28-,32-31-,36-34-. The molecular weight excluding hydrogens is 779 g/mol. The van der Waals surface area contributed by atoms with E-state index in [4.69, 9.17) is 18.9 Å². The van der Waals surface area contributed by atoms with Crippen molar-refractivity contribution in [3.05, 3.63) is 97.2 Å². The van der Waals surface area contributed by atoms with Crippen molar-refractivity contribution in [2.45, 2.75) is 174 Å². The van der Waals surface area contributed by atoms with Gasteiger partial charge in [-0.15, -0.1) is 0 Å². The number of carbonyl (C=O) groups is 3. The molecule has 0 aliphatic heterocycles. The molecule has 0 aromatic carbocycles. The Balaban J connectivity index is 4.44. The minimum absolute atomic E-state index is 0.134. The molecule has 0 fully saturated rings. The lowest BCUT2D eigenvalue weighted by Gasteiger charge is -2.26. The maximum absolute atomic E-state index is 12.7. The van der Waals surface area contributed by atoms with Crippen molar-refractivity contribution < 1.29 is 42.9 Å². The molecule has 2 unspecified atom stereocenters. The maximum atomic E-state index is 12.7. The summed E-state index contributed by atoms with van der Waals surface area (Å²) in [6, 6.07) is 0. The van der Waals surface area contributed by atoms with Gasteiger partial charge in [0.2, 0.25) is 0 Å². The van der Waals surface area contributed by atoms with E-state index < -0.39 is 24.3 Å². The van der Waals surface area contributed by atoms with Gasteiger partial charge >= 0.3 is 11.9 Å². The van der Waals surface area contributed by atoms with Crippen LogP contribution in [0.5, 0.6) is 0 Å². The second-order valence-corrected chi connectivity index (χ2v) is 16.7. The molecule has 0 aliphatic carbocycles. The van der Waals surface area contributed by atoms with Crippen LogP contribution in [0.2, 0.25) is 0 Å². The molecule has 0 rings (SSSR count). The number of nitrogens with zero attached hydrogens (tertiary/aromatic N) is 1. The van der Waals surface area contributed by atoms with E-state index in [0.717, 1.165) is 83.5 Å². The van der Waals surface area contributed by atoms with Gasteiger partial charge in [0.15, 0.2) is 12.4 Å². The zero-order valence-electron chi connectivity index (χ0n) is 39.7. The Kier molecular flexibility index (Phi) is 41.2. The van der Waals surface area contributed by atoms with Crippen molar-refractivity contribution in [3.63, 3.8) is 0 Å². The quantitative estimate of drug-likeness (QED) is 0.0196. The number of carboxylic acid groups (broad SMARTS) is 1. The highest BCUT2D eigenvalue weighted by Crippen LogP contribution is 2.13. The Morgan fingerprint density at radius 2 is 0.919 bits per heavy atom. The first kappa shape index (κ1) is 58.2. The highest BCUT2D eigenvalue weighted by Gasteiger charge is 2.21. The summed E-state index contributed by atoms with van der Waals surface area (Å²) in [6.07, 6.45) is 54.5. The van der Waals surface area contributed by atoms with Crippen LogP contribution in [0.3, 0.4) is 0 Å². The Morgan fingerprint density at radius 1 is 0.500 bits per heavy atom. The summed E-state index contributed by atoms with van der Waals surface area (Å²) in [5, 5.41) is 11.7. The molecule has 0 aliphatic rings. The lowest BCUT2D eigenvalue weighted by molar-refractivity contribution is -0.870. The molecule has 0 heterocycles. The summed E-state index contributed by atoms with van der Waals surface area (Å²) in [5.74, 6) is -2.36. The summed E-state index contributed by atoms with van der Waals surface area (Å²) in [5.41, 5.74) is 0. The monoisotopic (exact) mass is 866 g/mol. The van der Waals surface area contributed by atoms with Gasteiger partial charge in [-0.2, -0.15) is 0 Å². The van der Waals surface area contributed by atoms with Crippen molar-refractivity contribution in [2.24, 2.45) is 0 Å². The lowest BCUT2D eigenvalue weighted by Crippen LogP contribution is -2.44. The van der Waals surface area contributed by atoms with Crippen molar-refractivity contribution in [1.29, 1.82) is 0 Å². The molecule has 0 N–H and O–H groups in total. The predicted molar refractivity (Wildman–Crippen MR) is 255 cm³/mol. The zero-order valence-corrected chi connectivity index (χ0v) is 39.7. The second-order valence-electron chi connectivity index (χ2n) is 16.7. The largest absolute Gasteiger partial charge is 0.545 e. The third-order valence-electron chi connectivity index (χ3n) is 9.60. The molecule has 0 amide bonds. The molecule has 62 heavy (non-hydrogen) atoms. The van der Waals surface area contributed by atoms with Crippen LogP contribution < -0.4 is 5.11 Å². The van der Waals surface area contributed by atoms with E-state index >= 15 is 0 Å². The highest BCUT2D eigenvalue weighted by molar-refractivity contribution is 5.70. The summed E-state index contributed by atoms with van der Waals surface area (Å²) in [7, 11) is 5.88. The Labute approximate surface area is 378 Å². The van der Waals surface area contributed by atoms with Gasteiger partial charge in [0.05, 0.1) is 40.3 Å². The lowest BCUT2D eigenvalue weighted by atomic mass is 10.1. The van der Waals surface area contributed by atoms with E-state index in [1.807, 2.05) is 21.1 Å². The maximum Gasteiger partial charge on any atom is 0.306 e. The van der Waals surface area contributed by atoms with E-state index in [1.165, 1.54) is 44.9 Å². The normalized spacial score (nSPS) is 13.8. The topological polar surface area (TPSA) is 111 Å². The Hall–Kier alpha value is -3.79. The molecule has 352 valence electrons. The number of quaternary nitrogens is 1. The fourth-order valence-electron chi connectivity index (χ4n) is 5.90. The average Bonchev–Trinajstić information content (AvgIpc) is 3.23. The first-order valence-electron chi connectivity index (χ1n) is 23.9. The van der Waals surface area contributed by atoms with Crippen LogP contribution in [-0.4, -0.2) is 82.3 Å². The average molecular weight is 866 g/mol. The van der Waals surface area contributed by atoms with Crippen LogP contribution in [-0.2, 0) is 33.3 Å². The van der Waals surface area contributed by atoms with Gasteiger partial charge < -0.3 is 33.3 Å². The van der Waals surface area contributed by atoms with E-state index in [0.29, 0.717) is 17.4 Å². The molecule has 0 aromatic rings. The van der Waals surface area contributed by atoms with Gasteiger partial charge in [-0.3, -0.25) is 9.59 Å². The summed E-state index contributed by atoms with van der Waals surface area (Å²) >= 11 is 0. The van der Waals surface area contributed by atoms with Crippen molar-refractivity contribution >= 4 is 17.9 Å². The second kappa shape index (κ2) is 43.8. The number of rotatable bonds is 42. The van der Waals surface area contributed by atoms with E-state index in [2.05, 4.69) is 111 Å². The number of allylic oxidation sites excluding steroid dienone is 16. The molecule has 0 aromatic heterocycles. The summed E-state index contributed by atoms with van der Waals surface area (Å²) in [4.78, 5) is 36.9. The number of likely N-dealkylation sites (N-methyl/N-ethyl adjacent to an activating group) is 1. The molecule has 9 nitrogen and oxygen atoms in total. The molecule has 0 bridgehead atoms. The number of hydrogen-bond acceptors (Lipinski definition) is 8. The van der Waals surface area contributed by atoms with Crippen molar-refractivity contribution in [1.82, 2.24) is 0 Å². The number of aliphatic carboxylic acids is 1. The number of unbranched alkanes of at least 4 members (excludes halogenated alkanes) is 11. The highest BCUT2D eigenvalue weighted by atomic mass is 16.7. The minimum atomic E-state index is -1.64. The van der Waals surface area contributed by atoms with Gasteiger partial charge in [-0.25, -0.2) is 0 Å². The van der Waals surface area contributed by atoms with Crippen LogP contribution >= 0.6 is 0 Å². The molecule has 0 saturated carbocycles. The van der Waals surface area contributed by atoms with Gasteiger partial charge in [0.1, 0.15) is 13.2 Å². The number of ether oxygens (including phenoxy) is 4. The molecule has 0 spiro atoms. The molecule has 2 atom stereocenters. The third kappa shape index (κ3) is 44.3. The van der Waals surface area contributed by atoms with E-state index in [1.54, 1.807) is 0 Å². The van der Waals surface area contributed by atoms with Crippen LogP contribution in [0.25, 0.3) is 0 Å². The Morgan fingerprint density at radius 3 is 1.37 bits per heavy atom. The minimum Gasteiger partial charge on any atom is -0.545 e. The molecule has 0 saturated heterocycles. The van der Waals surface area contributed by atoms with Crippen LogP contribution in [0, 0.1) is 0 Å². The van der Waals surface area contributed by atoms with Crippen LogP contribution in [0.4, 0.5) is 0 Å². The zero-order chi connectivity index (χ0) is 45.6. The SMILES string of the molecule is CC/C=C\C/C=C\C/C=C\C/C=C\C/C=C\C/C=C\C/C=C\C/C=C\CCCCC(=O)OC(COC(=O)CCCCCCCCCCCC)COC(OCC[N+](C)(C)C)C(=O)[O-]. The van der Waals surface area contributed by atoms with Gasteiger partial charge in [0.25, 0.3) is 0 Å². The number of carboxylic acids is 1. The summed E-state index contributed by atoms with van der Waals surface area (Å²) in [6.45, 7) is 4.53. The van der Waals surface area contributed by atoms with Crippen LogP contribution in [0.1, 0.15) is 162 Å². The van der Waals surface area contributed by atoms with Crippen molar-refractivity contribution in [2.75, 3.05) is 47.5 Å². The van der Waals surface area contributed by atoms with Gasteiger partial charge in [0, 0.05) is 12.8 Å². The van der Waals surface area contributed by atoms with Crippen LogP contribution in [0.15, 0.2) is 97.2 Å². The number of esters is 2. The van der Waals surface area contributed by atoms with Gasteiger partial charge in [-0.1, -0.05) is 169 Å². The third-order valence-corrected chi connectivity index (χ3v) is 9.60. The Bertz CT molecular complexity index is 1330. The van der Waals surface area contributed by atoms with Gasteiger partial charge in [-0.05, 0) is 77.0 Å². The van der Waals surface area contributed by atoms with Crippen molar-refractivity contribution in [3.8, 4) is 0 Å². The number of hydrogen-bond donors (Lipinski definition) is 0. The van der Waals surface area contributed by atoms with E-state index in [-0.39, 0.29) is 38.6 Å². The smallest absolute Gasteiger partial charge is 0.306 e. The molecule has 9 heteroatoms. The molecule has 0 radical (unpaired) electrons. The fraction of sp³-hybridized carbons (Fsp3) is 0.642. The fourth-order valence-corrected chi connectivity index (χ4v) is 5.90. The first-order chi connectivity index (χ1) is 30.1. The first-order valence-corrected chi connectivity index (χ1v) is 23.9. The summed E-state index contributed by atoms with van der Waals surface area (Å²) < 4.78 is 22.5. The van der Waals surface area contributed by atoms with E-state index in [9.17, 15) is 19.5 Å². The molecular formula is C53H87NO8.